The van der Waals surface area contributed by atoms with E-state index in [4.69, 9.17) is 0 Å². The van der Waals surface area contributed by atoms with E-state index < -0.39 is 0 Å². The molecule has 0 spiro atoms. The first-order valence-corrected chi connectivity index (χ1v) is 7.22. The van der Waals surface area contributed by atoms with E-state index >= 15 is 0 Å². The van der Waals surface area contributed by atoms with Gasteiger partial charge < -0.3 is 10.6 Å². The van der Waals surface area contributed by atoms with Crippen molar-refractivity contribution in [2.24, 2.45) is 5.92 Å². The zero-order chi connectivity index (χ0) is 13.5. The van der Waals surface area contributed by atoms with E-state index in [1.54, 1.807) is 6.20 Å². The number of nitrogens with zero attached hydrogens (tertiary/aromatic N) is 1. The fourth-order valence-corrected chi connectivity index (χ4v) is 3.54. The third kappa shape index (κ3) is 1.88. The van der Waals surface area contributed by atoms with Crippen molar-refractivity contribution in [1.29, 1.82) is 0 Å². The Kier molecular flexibility index (Phi) is 2.70. The Balaban J connectivity index is 1.60. The molecular formula is C16H17N3O. The van der Waals surface area contributed by atoms with E-state index in [1.165, 1.54) is 6.42 Å². The van der Waals surface area contributed by atoms with E-state index in [9.17, 15) is 4.79 Å². The van der Waals surface area contributed by atoms with Gasteiger partial charge in [-0.2, -0.15) is 0 Å². The molecule has 2 aromatic rings. The van der Waals surface area contributed by atoms with Crippen molar-refractivity contribution in [3.05, 3.63) is 36.5 Å². The molecule has 1 amide bonds. The van der Waals surface area contributed by atoms with Crippen LogP contribution >= 0.6 is 0 Å². The zero-order valence-electron chi connectivity index (χ0n) is 11.2. The summed E-state index contributed by atoms with van der Waals surface area (Å²) in [6.45, 7) is 0. The van der Waals surface area contributed by atoms with Crippen molar-refractivity contribution in [3.63, 3.8) is 0 Å². The number of rotatable bonds is 2. The van der Waals surface area contributed by atoms with E-state index in [0.29, 0.717) is 12.1 Å². The molecule has 1 aromatic heterocycles. The number of anilines is 1. The summed E-state index contributed by atoms with van der Waals surface area (Å²) in [6.07, 6.45) is 5.06. The molecule has 2 N–H and O–H groups in total. The van der Waals surface area contributed by atoms with Crippen molar-refractivity contribution in [2.75, 3.05) is 5.32 Å². The number of hydrogen-bond donors (Lipinski definition) is 2. The highest BCUT2D eigenvalue weighted by Crippen LogP contribution is 2.34. The van der Waals surface area contributed by atoms with Crippen LogP contribution in [0.3, 0.4) is 0 Å². The smallest absolute Gasteiger partial charge is 0.229 e. The quantitative estimate of drug-likeness (QED) is 0.878. The average Bonchev–Trinajstić information content (AvgIpc) is 3.10. The van der Waals surface area contributed by atoms with Gasteiger partial charge in [-0.05, 0) is 31.4 Å². The highest BCUT2D eigenvalue weighted by molar-refractivity contribution is 6.01. The lowest BCUT2D eigenvalue weighted by Crippen LogP contribution is -2.32. The minimum absolute atomic E-state index is 0.104. The third-order valence-corrected chi connectivity index (χ3v) is 4.53. The first-order chi connectivity index (χ1) is 9.81. The molecule has 20 heavy (non-hydrogen) atoms. The Hall–Kier alpha value is -1.94. The number of amides is 1. The van der Waals surface area contributed by atoms with Crippen molar-refractivity contribution in [3.8, 4) is 0 Å². The Labute approximate surface area is 117 Å². The maximum atomic E-state index is 12.5. The van der Waals surface area contributed by atoms with Gasteiger partial charge in [0.2, 0.25) is 5.91 Å². The summed E-state index contributed by atoms with van der Waals surface area (Å²) < 4.78 is 0. The molecule has 4 heteroatoms. The first-order valence-electron chi connectivity index (χ1n) is 7.22. The maximum Gasteiger partial charge on any atom is 0.229 e. The molecule has 3 atom stereocenters. The number of hydrogen-bond acceptors (Lipinski definition) is 3. The number of nitrogens with one attached hydrogen (secondary N) is 2. The number of aromatic nitrogens is 1. The standard InChI is InChI=1S/C16H17N3O/c20-16(12-9-11-6-7-13(12)18-11)19-14-5-1-3-10-4-2-8-17-15(10)14/h1-5,8,11-13,18H,6-7,9H2,(H,19,20). The Morgan fingerprint density at radius 3 is 2.95 bits per heavy atom. The van der Waals surface area contributed by atoms with Crippen LogP contribution in [0.25, 0.3) is 10.9 Å². The molecule has 1 aromatic carbocycles. The lowest BCUT2D eigenvalue weighted by Gasteiger charge is -2.19. The second-order valence-electron chi connectivity index (χ2n) is 5.76. The van der Waals surface area contributed by atoms with E-state index in [0.717, 1.165) is 29.4 Å². The van der Waals surface area contributed by atoms with Crippen molar-refractivity contribution >= 4 is 22.5 Å². The molecule has 4 rings (SSSR count). The molecule has 3 heterocycles. The predicted octanol–water partition coefficient (Wildman–Crippen LogP) is 2.31. The van der Waals surface area contributed by atoms with Crippen molar-refractivity contribution in [1.82, 2.24) is 10.3 Å². The first kappa shape index (κ1) is 11.9. The molecule has 2 fully saturated rings. The van der Waals surface area contributed by atoms with Crippen LogP contribution in [0.4, 0.5) is 5.69 Å². The molecule has 2 saturated heterocycles. The van der Waals surface area contributed by atoms with E-state index in [1.807, 2.05) is 30.3 Å². The summed E-state index contributed by atoms with van der Waals surface area (Å²) in [7, 11) is 0. The summed E-state index contributed by atoms with van der Waals surface area (Å²) in [5, 5.41) is 7.63. The van der Waals surface area contributed by atoms with Crippen LogP contribution in [0.1, 0.15) is 19.3 Å². The predicted molar refractivity (Wildman–Crippen MR) is 78.4 cm³/mol. The zero-order valence-corrected chi connectivity index (χ0v) is 11.2. The topological polar surface area (TPSA) is 54.0 Å². The fraction of sp³-hybridized carbons (Fsp3) is 0.375. The summed E-state index contributed by atoms with van der Waals surface area (Å²) in [5.74, 6) is 0.232. The lowest BCUT2D eigenvalue weighted by molar-refractivity contribution is -0.120. The number of para-hydroxylation sites is 1. The van der Waals surface area contributed by atoms with Gasteiger partial charge in [0.15, 0.2) is 0 Å². The van der Waals surface area contributed by atoms with Crippen LogP contribution in [0.2, 0.25) is 0 Å². The van der Waals surface area contributed by atoms with Gasteiger partial charge in [0.25, 0.3) is 0 Å². The normalized spacial score (nSPS) is 27.9. The lowest BCUT2D eigenvalue weighted by atomic mass is 9.88. The molecule has 4 nitrogen and oxygen atoms in total. The molecule has 2 aliphatic rings. The molecule has 0 aliphatic carbocycles. The number of benzene rings is 1. The van der Waals surface area contributed by atoms with Gasteiger partial charge in [0.1, 0.15) is 0 Å². The monoisotopic (exact) mass is 267 g/mol. The minimum Gasteiger partial charge on any atom is -0.324 e. The summed E-state index contributed by atoms with van der Waals surface area (Å²) >= 11 is 0. The van der Waals surface area contributed by atoms with E-state index in [2.05, 4.69) is 15.6 Å². The average molecular weight is 267 g/mol. The number of pyridine rings is 1. The van der Waals surface area contributed by atoms with Crippen LogP contribution in [0, 0.1) is 5.92 Å². The Morgan fingerprint density at radius 2 is 2.15 bits per heavy atom. The molecule has 2 aliphatic heterocycles. The third-order valence-electron chi connectivity index (χ3n) is 4.53. The number of carbonyl (C=O) groups excluding carboxylic acids is 1. The summed E-state index contributed by atoms with van der Waals surface area (Å²) in [6, 6.07) is 10.7. The highest BCUT2D eigenvalue weighted by atomic mass is 16.2. The SMILES string of the molecule is O=C(Nc1cccc2cccnc12)C1CC2CCC1N2. The van der Waals surface area contributed by atoms with Crippen LogP contribution in [0.5, 0.6) is 0 Å². The summed E-state index contributed by atoms with van der Waals surface area (Å²) in [4.78, 5) is 16.8. The van der Waals surface area contributed by atoms with Crippen LogP contribution < -0.4 is 10.6 Å². The molecule has 3 unspecified atom stereocenters. The molecule has 0 saturated carbocycles. The van der Waals surface area contributed by atoms with Crippen LogP contribution in [0.15, 0.2) is 36.5 Å². The second-order valence-corrected chi connectivity index (χ2v) is 5.76. The van der Waals surface area contributed by atoms with Gasteiger partial charge in [-0.3, -0.25) is 9.78 Å². The fourth-order valence-electron chi connectivity index (χ4n) is 3.54. The van der Waals surface area contributed by atoms with Crippen LogP contribution in [-0.2, 0) is 4.79 Å². The summed E-state index contributed by atoms with van der Waals surface area (Å²) in [5.41, 5.74) is 1.68. The van der Waals surface area contributed by atoms with Crippen molar-refractivity contribution in [2.45, 2.75) is 31.3 Å². The number of fused-ring (bicyclic) bond motifs is 3. The molecule has 102 valence electrons. The van der Waals surface area contributed by atoms with Gasteiger partial charge in [-0.25, -0.2) is 0 Å². The van der Waals surface area contributed by atoms with Gasteiger partial charge in [-0.15, -0.1) is 0 Å². The highest BCUT2D eigenvalue weighted by Gasteiger charge is 2.42. The Bertz CT molecular complexity index is 664. The molecule has 0 radical (unpaired) electrons. The van der Waals surface area contributed by atoms with Gasteiger partial charge in [0, 0.05) is 23.7 Å². The van der Waals surface area contributed by atoms with Gasteiger partial charge in [0.05, 0.1) is 17.1 Å². The Morgan fingerprint density at radius 1 is 1.25 bits per heavy atom. The van der Waals surface area contributed by atoms with Gasteiger partial charge >= 0.3 is 0 Å². The largest absolute Gasteiger partial charge is 0.324 e. The molecule has 2 bridgehead atoms. The molecular weight excluding hydrogens is 250 g/mol. The van der Waals surface area contributed by atoms with E-state index in [-0.39, 0.29) is 11.8 Å². The van der Waals surface area contributed by atoms with Crippen LogP contribution in [-0.4, -0.2) is 23.0 Å². The van der Waals surface area contributed by atoms with Crippen molar-refractivity contribution < 1.29 is 4.79 Å². The second kappa shape index (κ2) is 4.56. The van der Waals surface area contributed by atoms with Gasteiger partial charge in [-0.1, -0.05) is 18.2 Å². The maximum absolute atomic E-state index is 12.5. The number of carbonyl (C=O) groups is 1. The minimum atomic E-state index is 0.104.